The first-order valence-electron chi connectivity index (χ1n) is 7.43. The SMILES string of the molecule is CN1C(=O)C2(CCC3(CC2)OCCO3)c2cc(Br)ccc21. The lowest BCUT2D eigenvalue weighted by atomic mass is 9.68. The van der Waals surface area contributed by atoms with Gasteiger partial charge in [0.15, 0.2) is 5.79 Å². The van der Waals surface area contributed by atoms with Crippen LogP contribution < -0.4 is 4.90 Å². The smallest absolute Gasteiger partial charge is 0.237 e. The van der Waals surface area contributed by atoms with Crippen molar-refractivity contribution < 1.29 is 14.3 Å². The molecule has 0 atom stereocenters. The van der Waals surface area contributed by atoms with Crippen LogP contribution in [0.4, 0.5) is 5.69 Å². The first-order valence-corrected chi connectivity index (χ1v) is 8.22. The van der Waals surface area contributed by atoms with Crippen molar-refractivity contribution >= 4 is 27.5 Å². The fourth-order valence-electron chi connectivity index (χ4n) is 4.06. The summed E-state index contributed by atoms with van der Waals surface area (Å²) in [7, 11) is 1.87. The molecule has 0 bridgehead atoms. The minimum absolute atomic E-state index is 0.212. The Morgan fingerprint density at radius 2 is 1.81 bits per heavy atom. The number of benzene rings is 1. The van der Waals surface area contributed by atoms with Crippen molar-refractivity contribution in [2.75, 3.05) is 25.2 Å². The van der Waals surface area contributed by atoms with Crippen molar-refractivity contribution in [1.82, 2.24) is 0 Å². The molecule has 1 aromatic rings. The van der Waals surface area contributed by atoms with Gasteiger partial charge in [-0.3, -0.25) is 4.79 Å². The molecular formula is C16H18BrNO3. The molecule has 1 aromatic carbocycles. The van der Waals surface area contributed by atoms with Crippen molar-refractivity contribution in [2.45, 2.75) is 36.9 Å². The fourth-order valence-corrected chi connectivity index (χ4v) is 4.42. The minimum atomic E-state index is -0.432. The third-order valence-electron chi connectivity index (χ3n) is 5.23. The second-order valence-corrected chi connectivity index (χ2v) is 7.13. The fraction of sp³-hybridized carbons (Fsp3) is 0.562. The molecule has 0 unspecified atom stereocenters. The van der Waals surface area contributed by atoms with Gasteiger partial charge in [0, 0.05) is 30.0 Å². The monoisotopic (exact) mass is 351 g/mol. The first-order chi connectivity index (χ1) is 10.1. The highest BCUT2D eigenvalue weighted by Gasteiger charge is 2.55. The molecule has 2 aliphatic heterocycles. The van der Waals surface area contributed by atoms with Gasteiger partial charge in [0.1, 0.15) is 0 Å². The summed E-state index contributed by atoms with van der Waals surface area (Å²) in [4.78, 5) is 14.7. The van der Waals surface area contributed by atoms with Crippen LogP contribution >= 0.6 is 15.9 Å². The molecule has 1 amide bonds. The van der Waals surface area contributed by atoms with E-state index in [1.807, 2.05) is 19.2 Å². The summed E-state index contributed by atoms with van der Waals surface area (Å²) in [5.41, 5.74) is 1.79. The topological polar surface area (TPSA) is 38.8 Å². The molecular weight excluding hydrogens is 334 g/mol. The van der Waals surface area contributed by atoms with Gasteiger partial charge in [-0.1, -0.05) is 15.9 Å². The van der Waals surface area contributed by atoms with Gasteiger partial charge in [0.25, 0.3) is 0 Å². The van der Waals surface area contributed by atoms with Gasteiger partial charge in [-0.15, -0.1) is 0 Å². The number of carbonyl (C=O) groups excluding carboxylic acids is 1. The molecule has 1 saturated heterocycles. The van der Waals surface area contributed by atoms with E-state index in [9.17, 15) is 4.79 Å². The van der Waals surface area contributed by atoms with Crippen LogP contribution in [0.25, 0.3) is 0 Å². The molecule has 3 aliphatic rings. The van der Waals surface area contributed by atoms with E-state index in [0.29, 0.717) is 13.2 Å². The quantitative estimate of drug-likeness (QED) is 0.721. The Morgan fingerprint density at radius 1 is 1.14 bits per heavy atom. The Hall–Kier alpha value is -0.910. The van der Waals surface area contributed by atoms with E-state index in [4.69, 9.17) is 9.47 Å². The number of carbonyl (C=O) groups is 1. The van der Waals surface area contributed by atoms with Crippen LogP contribution in [-0.2, 0) is 19.7 Å². The van der Waals surface area contributed by atoms with E-state index >= 15 is 0 Å². The lowest BCUT2D eigenvalue weighted by Gasteiger charge is -2.40. The van der Waals surface area contributed by atoms with Gasteiger partial charge in [-0.25, -0.2) is 0 Å². The van der Waals surface area contributed by atoms with Crippen LogP contribution in [0.2, 0.25) is 0 Å². The van der Waals surface area contributed by atoms with Crippen LogP contribution in [0.3, 0.4) is 0 Å². The molecule has 0 N–H and O–H groups in total. The van der Waals surface area contributed by atoms with E-state index in [2.05, 4.69) is 22.0 Å². The number of nitrogens with zero attached hydrogens (tertiary/aromatic N) is 1. The molecule has 2 spiro atoms. The Balaban J connectivity index is 1.72. The second-order valence-electron chi connectivity index (χ2n) is 6.22. The number of likely N-dealkylation sites (N-methyl/N-ethyl adjacent to an activating group) is 1. The van der Waals surface area contributed by atoms with Crippen molar-refractivity contribution in [3.05, 3.63) is 28.2 Å². The highest BCUT2D eigenvalue weighted by molar-refractivity contribution is 9.10. The highest BCUT2D eigenvalue weighted by atomic mass is 79.9. The first kappa shape index (κ1) is 13.7. The molecule has 4 rings (SSSR count). The Bertz CT molecular complexity index is 600. The zero-order valence-electron chi connectivity index (χ0n) is 12.0. The average molecular weight is 352 g/mol. The Morgan fingerprint density at radius 3 is 2.48 bits per heavy atom. The molecule has 1 saturated carbocycles. The number of hydrogen-bond donors (Lipinski definition) is 0. The van der Waals surface area contributed by atoms with Gasteiger partial charge >= 0.3 is 0 Å². The predicted molar refractivity (Wildman–Crippen MR) is 82.3 cm³/mol. The van der Waals surface area contributed by atoms with Crippen molar-refractivity contribution in [2.24, 2.45) is 0 Å². The lowest BCUT2D eigenvalue weighted by Crippen LogP contribution is -2.47. The van der Waals surface area contributed by atoms with E-state index in [-0.39, 0.29) is 5.91 Å². The molecule has 4 nitrogen and oxygen atoms in total. The second kappa shape index (κ2) is 4.54. The van der Waals surface area contributed by atoms with Crippen LogP contribution in [0.1, 0.15) is 31.2 Å². The number of fused-ring (bicyclic) bond motifs is 2. The standard InChI is InChI=1S/C16H18BrNO3/c1-18-13-3-2-11(17)10-12(13)15(14(18)19)4-6-16(7-5-15)20-8-9-21-16/h2-3,10H,4-9H2,1H3. The summed E-state index contributed by atoms with van der Waals surface area (Å²) in [5, 5.41) is 0. The highest BCUT2D eigenvalue weighted by Crippen LogP contribution is 2.53. The van der Waals surface area contributed by atoms with E-state index in [1.165, 1.54) is 0 Å². The third-order valence-corrected chi connectivity index (χ3v) is 5.72. The summed E-state index contributed by atoms with van der Waals surface area (Å²) in [6.45, 7) is 1.34. The number of hydrogen-bond acceptors (Lipinski definition) is 3. The molecule has 0 aromatic heterocycles. The van der Waals surface area contributed by atoms with Crippen molar-refractivity contribution in [3.8, 4) is 0 Å². The Labute approximate surface area is 132 Å². The van der Waals surface area contributed by atoms with Crippen molar-refractivity contribution in [3.63, 3.8) is 0 Å². The summed E-state index contributed by atoms with van der Waals surface area (Å²) in [6, 6.07) is 6.12. The summed E-state index contributed by atoms with van der Waals surface area (Å²) < 4.78 is 12.6. The molecule has 0 radical (unpaired) electrons. The molecule has 2 heterocycles. The molecule has 112 valence electrons. The summed E-state index contributed by atoms with van der Waals surface area (Å²) >= 11 is 3.54. The molecule has 5 heteroatoms. The maximum absolute atomic E-state index is 12.9. The number of halogens is 1. The summed E-state index contributed by atoms with van der Waals surface area (Å²) in [6.07, 6.45) is 3.16. The Kier molecular flexibility index (Phi) is 2.97. The maximum Gasteiger partial charge on any atom is 0.237 e. The minimum Gasteiger partial charge on any atom is -0.348 e. The van der Waals surface area contributed by atoms with Crippen LogP contribution in [0.15, 0.2) is 22.7 Å². The number of anilines is 1. The molecule has 2 fully saturated rings. The van der Waals surface area contributed by atoms with E-state index in [0.717, 1.165) is 41.4 Å². The van der Waals surface area contributed by atoms with Gasteiger partial charge in [-0.05, 0) is 36.6 Å². The average Bonchev–Trinajstić information content (AvgIpc) is 3.02. The number of amides is 1. The van der Waals surface area contributed by atoms with Gasteiger partial charge in [0.05, 0.1) is 18.6 Å². The zero-order valence-corrected chi connectivity index (χ0v) is 13.6. The van der Waals surface area contributed by atoms with E-state index < -0.39 is 11.2 Å². The van der Waals surface area contributed by atoms with Crippen LogP contribution in [0.5, 0.6) is 0 Å². The van der Waals surface area contributed by atoms with Gasteiger partial charge < -0.3 is 14.4 Å². The predicted octanol–water partition coefficient (Wildman–Crippen LogP) is 2.98. The van der Waals surface area contributed by atoms with Crippen molar-refractivity contribution in [1.29, 1.82) is 0 Å². The lowest BCUT2D eigenvalue weighted by molar-refractivity contribution is -0.185. The van der Waals surface area contributed by atoms with Crippen LogP contribution in [0, 0.1) is 0 Å². The molecule has 1 aliphatic carbocycles. The maximum atomic E-state index is 12.9. The normalized spacial score (nSPS) is 25.8. The third kappa shape index (κ3) is 1.84. The largest absolute Gasteiger partial charge is 0.348 e. The van der Waals surface area contributed by atoms with Crippen LogP contribution in [-0.4, -0.2) is 32.0 Å². The zero-order chi connectivity index (χ0) is 14.7. The summed E-state index contributed by atoms with van der Waals surface area (Å²) in [5.74, 6) is -0.220. The van der Waals surface area contributed by atoms with E-state index in [1.54, 1.807) is 4.90 Å². The molecule has 21 heavy (non-hydrogen) atoms. The van der Waals surface area contributed by atoms with Gasteiger partial charge in [0.2, 0.25) is 5.91 Å². The number of rotatable bonds is 0. The van der Waals surface area contributed by atoms with Gasteiger partial charge in [-0.2, -0.15) is 0 Å². The number of ether oxygens (including phenoxy) is 2.